The van der Waals surface area contributed by atoms with Gasteiger partial charge in [0.2, 0.25) is 10.0 Å². The Kier molecular flexibility index (Phi) is 7.15. The number of nitrogens with zero attached hydrogens (tertiary/aromatic N) is 2. The van der Waals surface area contributed by atoms with Crippen molar-refractivity contribution in [2.75, 3.05) is 20.3 Å². The number of carbonyl (C=O) groups excluding carboxylic acids is 1. The third kappa shape index (κ3) is 4.69. The highest BCUT2D eigenvalue weighted by Crippen LogP contribution is 2.32. The van der Waals surface area contributed by atoms with Gasteiger partial charge in [0.05, 0.1) is 30.9 Å². The summed E-state index contributed by atoms with van der Waals surface area (Å²) in [6, 6.07) is 6.92. The Hall–Kier alpha value is -2.45. The molecule has 0 aliphatic heterocycles. The van der Waals surface area contributed by atoms with Crippen LogP contribution < -0.4 is 4.74 Å². The molecule has 7 nitrogen and oxygen atoms in total. The van der Waals surface area contributed by atoms with Crippen LogP contribution in [0, 0.1) is 20.8 Å². The van der Waals surface area contributed by atoms with Crippen LogP contribution in [0.5, 0.6) is 5.75 Å². The van der Waals surface area contributed by atoms with Crippen molar-refractivity contribution >= 4 is 16.0 Å². The first kappa shape index (κ1) is 21.8. The third-order valence-corrected chi connectivity index (χ3v) is 6.55. The van der Waals surface area contributed by atoms with E-state index < -0.39 is 22.5 Å². The van der Waals surface area contributed by atoms with Crippen molar-refractivity contribution in [1.29, 1.82) is 0 Å². The van der Waals surface area contributed by atoms with E-state index in [1.807, 2.05) is 0 Å². The second-order valence-corrected chi connectivity index (χ2v) is 8.25. The van der Waals surface area contributed by atoms with Gasteiger partial charge in [-0.15, -0.1) is 0 Å². The van der Waals surface area contributed by atoms with Crippen LogP contribution in [0.15, 0.2) is 35.4 Å². The van der Waals surface area contributed by atoms with E-state index in [9.17, 15) is 13.2 Å². The molecule has 0 spiro atoms. The molecule has 152 valence electrons. The van der Waals surface area contributed by atoms with Gasteiger partial charge in [-0.3, -0.25) is 9.78 Å². The van der Waals surface area contributed by atoms with Crippen LogP contribution in [0.4, 0.5) is 0 Å². The molecular weight excluding hydrogens is 380 g/mol. The average Bonchev–Trinajstić information content (AvgIpc) is 2.65. The van der Waals surface area contributed by atoms with Gasteiger partial charge in [-0.2, -0.15) is 4.31 Å². The summed E-state index contributed by atoms with van der Waals surface area (Å²) in [7, 11) is -2.44. The summed E-state index contributed by atoms with van der Waals surface area (Å²) in [6.45, 7) is 6.68. The molecule has 8 heteroatoms. The minimum atomic E-state index is -3.98. The van der Waals surface area contributed by atoms with Gasteiger partial charge >= 0.3 is 5.97 Å². The molecular formula is C20H26N2O5S. The fourth-order valence-electron chi connectivity index (χ4n) is 3.01. The van der Waals surface area contributed by atoms with Crippen LogP contribution in [0.1, 0.15) is 29.3 Å². The Morgan fingerprint density at radius 3 is 2.46 bits per heavy atom. The molecule has 2 aromatic rings. The second-order valence-electron chi connectivity index (χ2n) is 6.37. The smallest absolute Gasteiger partial charge is 0.321 e. The molecule has 0 fully saturated rings. The number of methoxy groups -OCH3 is 1. The first-order valence-corrected chi connectivity index (χ1v) is 10.4. The monoisotopic (exact) mass is 406 g/mol. The summed E-state index contributed by atoms with van der Waals surface area (Å²) in [4.78, 5) is 16.5. The van der Waals surface area contributed by atoms with E-state index in [0.717, 1.165) is 9.87 Å². The molecule has 1 aromatic carbocycles. The lowest BCUT2D eigenvalue weighted by atomic mass is 10.1. The van der Waals surface area contributed by atoms with E-state index in [-0.39, 0.29) is 18.0 Å². The van der Waals surface area contributed by atoms with E-state index in [4.69, 9.17) is 9.47 Å². The van der Waals surface area contributed by atoms with Crippen LogP contribution in [-0.2, 0) is 26.1 Å². The summed E-state index contributed by atoms with van der Waals surface area (Å²) >= 11 is 0. The highest BCUT2D eigenvalue weighted by molar-refractivity contribution is 7.89. The van der Waals surface area contributed by atoms with Gasteiger partial charge < -0.3 is 9.47 Å². The predicted molar refractivity (Wildman–Crippen MR) is 106 cm³/mol. The van der Waals surface area contributed by atoms with Gasteiger partial charge in [-0.05, 0) is 62.6 Å². The predicted octanol–water partition coefficient (Wildman–Crippen LogP) is 2.77. The fourth-order valence-corrected chi connectivity index (χ4v) is 4.85. The zero-order valence-corrected chi connectivity index (χ0v) is 17.7. The maximum Gasteiger partial charge on any atom is 0.321 e. The molecule has 0 saturated heterocycles. The number of hydrogen-bond donors (Lipinski definition) is 0. The van der Waals surface area contributed by atoms with Crippen LogP contribution in [-0.4, -0.2) is 43.9 Å². The van der Waals surface area contributed by atoms with Gasteiger partial charge in [0.15, 0.2) is 0 Å². The topological polar surface area (TPSA) is 85.8 Å². The first-order valence-electron chi connectivity index (χ1n) is 8.92. The number of esters is 1. The average molecular weight is 407 g/mol. The number of sulfonamides is 1. The molecule has 0 unspecified atom stereocenters. The SMILES string of the molecule is CCOC(=O)CN(Cc1ccccn1)S(=O)(=O)c1c(C)cc(OC)c(C)c1C. The van der Waals surface area contributed by atoms with Gasteiger partial charge in [0.1, 0.15) is 12.3 Å². The van der Waals surface area contributed by atoms with Gasteiger partial charge in [0.25, 0.3) is 0 Å². The number of benzene rings is 1. The lowest BCUT2D eigenvalue weighted by molar-refractivity contribution is -0.143. The third-order valence-electron chi connectivity index (χ3n) is 4.47. The Morgan fingerprint density at radius 2 is 1.89 bits per heavy atom. The van der Waals surface area contributed by atoms with E-state index in [1.165, 1.54) is 0 Å². The molecule has 0 atom stereocenters. The van der Waals surface area contributed by atoms with Crippen LogP contribution >= 0.6 is 0 Å². The van der Waals surface area contributed by atoms with E-state index in [0.29, 0.717) is 22.6 Å². The second kappa shape index (κ2) is 9.16. The number of carbonyl (C=O) groups is 1. The van der Waals surface area contributed by atoms with Crippen molar-refractivity contribution in [2.24, 2.45) is 0 Å². The Balaban J connectivity index is 2.54. The zero-order valence-electron chi connectivity index (χ0n) is 16.9. The van der Waals surface area contributed by atoms with Crippen molar-refractivity contribution in [2.45, 2.75) is 39.1 Å². The molecule has 0 aliphatic rings. The summed E-state index contributed by atoms with van der Waals surface area (Å²) < 4.78 is 38.5. The summed E-state index contributed by atoms with van der Waals surface area (Å²) in [5, 5.41) is 0. The van der Waals surface area contributed by atoms with Crippen molar-refractivity contribution in [3.63, 3.8) is 0 Å². The number of aryl methyl sites for hydroxylation is 1. The number of hydrogen-bond acceptors (Lipinski definition) is 6. The van der Waals surface area contributed by atoms with Gasteiger partial charge in [-0.1, -0.05) is 6.07 Å². The summed E-state index contributed by atoms with van der Waals surface area (Å²) in [6.07, 6.45) is 1.58. The molecule has 1 aromatic heterocycles. The largest absolute Gasteiger partial charge is 0.496 e. The van der Waals surface area contributed by atoms with E-state index in [1.54, 1.807) is 65.3 Å². The lowest BCUT2D eigenvalue weighted by Crippen LogP contribution is -2.37. The van der Waals surface area contributed by atoms with Crippen molar-refractivity contribution < 1.29 is 22.7 Å². The maximum atomic E-state index is 13.5. The number of pyridine rings is 1. The first-order chi connectivity index (χ1) is 13.2. The Bertz CT molecular complexity index is 943. The molecule has 1 heterocycles. The molecule has 0 N–H and O–H groups in total. The minimum Gasteiger partial charge on any atom is -0.496 e. The Morgan fingerprint density at radius 1 is 1.18 bits per heavy atom. The van der Waals surface area contributed by atoms with Crippen molar-refractivity contribution in [3.8, 4) is 5.75 Å². The molecule has 0 bridgehead atoms. The molecule has 28 heavy (non-hydrogen) atoms. The van der Waals surface area contributed by atoms with E-state index >= 15 is 0 Å². The quantitative estimate of drug-likeness (QED) is 0.627. The normalized spacial score (nSPS) is 11.5. The number of rotatable bonds is 8. The Labute approximate surface area is 166 Å². The molecule has 0 aliphatic carbocycles. The molecule has 2 rings (SSSR count). The zero-order chi connectivity index (χ0) is 20.9. The van der Waals surface area contributed by atoms with E-state index in [2.05, 4.69) is 4.98 Å². The molecule has 0 radical (unpaired) electrons. The highest BCUT2D eigenvalue weighted by Gasteiger charge is 2.31. The lowest BCUT2D eigenvalue weighted by Gasteiger charge is -2.24. The van der Waals surface area contributed by atoms with Gasteiger partial charge in [-0.25, -0.2) is 8.42 Å². The van der Waals surface area contributed by atoms with Gasteiger partial charge in [0, 0.05) is 6.20 Å². The summed E-state index contributed by atoms with van der Waals surface area (Å²) in [5.41, 5.74) is 2.41. The molecule has 0 saturated carbocycles. The summed E-state index contributed by atoms with van der Waals surface area (Å²) in [5.74, 6) is 0.0122. The maximum absolute atomic E-state index is 13.5. The highest BCUT2D eigenvalue weighted by atomic mass is 32.2. The minimum absolute atomic E-state index is 0.0358. The van der Waals surface area contributed by atoms with Crippen LogP contribution in [0.25, 0.3) is 0 Å². The van der Waals surface area contributed by atoms with Crippen LogP contribution in [0.3, 0.4) is 0 Å². The number of ether oxygens (including phenoxy) is 2. The van der Waals surface area contributed by atoms with Crippen molar-refractivity contribution in [3.05, 3.63) is 52.8 Å². The number of aromatic nitrogens is 1. The van der Waals surface area contributed by atoms with Crippen LogP contribution in [0.2, 0.25) is 0 Å². The fraction of sp³-hybridized carbons (Fsp3) is 0.400. The standard InChI is InChI=1S/C20H26N2O5S/c1-6-27-19(23)13-22(12-17-9-7-8-10-21-17)28(24,25)20-14(2)11-18(26-5)15(3)16(20)4/h7-11H,6,12-13H2,1-5H3. The van der Waals surface area contributed by atoms with Crippen molar-refractivity contribution in [1.82, 2.24) is 9.29 Å². The molecule has 0 amide bonds.